The van der Waals surface area contributed by atoms with Crippen LogP contribution in [0.1, 0.15) is 27.7 Å². The minimum absolute atomic E-state index is 0.291. The first-order valence-corrected chi connectivity index (χ1v) is 7.37. The van der Waals surface area contributed by atoms with Crippen LogP contribution in [0, 0.1) is 5.82 Å². The van der Waals surface area contributed by atoms with Crippen LogP contribution in [0.4, 0.5) is 4.39 Å². The highest BCUT2D eigenvalue weighted by Gasteiger charge is 2.51. The van der Waals surface area contributed by atoms with Gasteiger partial charge in [0, 0.05) is 11.8 Å². The summed E-state index contributed by atoms with van der Waals surface area (Å²) in [5.41, 5.74) is 1.08. The van der Waals surface area contributed by atoms with Gasteiger partial charge in [-0.3, -0.25) is 4.98 Å². The summed E-state index contributed by atoms with van der Waals surface area (Å²) in [7, 11) is -0.474. The highest BCUT2D eigenvalue weighted by molar-refractivity contribution is 6.62. The molecule has 1 fully saturated rings. The highest BCUT2D eigenvalue weighted by atomic mass is 19.1. The Morgan fingerprint density at radius 2 is 1.64 bits per heavy atom. The fraction of sp³-hybridized carbons (Fsp3) is 0.353. The largest absolute Gasteiger partial charge is 0.494 e. The Labute approximate surface area is 130 Å². The van der Waals surface area contributed by atoms with Gasteiger partial charge in [-0.25, -0.2) is 4.39 Å². The molecule has 0 spiro atoms. The second-order valence-electron chi connectivity index (χ2n) is 6.54. The summed E-state index contributed by atoms with van der Waals surface area (Å²) in [5, 5.41) is 0. The first-order valence-electron chi connectivity index (χ1n) is 7.37. The van der Waals surface area contributed by atoms with Gasteiger partial charge in [0.2, 0.25) is 0 Å². The van der Waals surface area contributed by atoms with Crippen LogP contribution in [-0.4, -0.2) is 23.3 Å². The number of pyridine rings is 1. The molecule has 3 nitrogen and oxygen atoms in total. The van der Waals surface area contributed by atoms with Gasteiger partial charge in [-0.1, -0.05) is 12.1 Å². The highest BCUT2D eigenvalue weighted by Crippen LogP contribution is 2.36. The van der Waals surface area contributed by atoms with Gasteiger partial charge in [-0.05, 0) is 57.4 Å². The Balaban J connectivity index is 1.95. The average Bonchev–Trinajstić information content (AvgIpc) is 2.68. The van der Waals surface area contributed by atoms with E-state index in [1.165, 1.54) is 6.07 Å². The van der Waals surface area contributed by atoms with E-state index in [0.29, 0.717) is 11.3 Å². The molecule has 1 aliphatic heterocycles. The van der Waals surface area contributed by atoms with Gasteiger partial charge in [0.1, 0.15) is 5.82 Å². The molecule has 3 rings (SSSR count). The van der Waals surface area contributed by atoms with Gasteiger partial charge in [-0.15, -0.1) is 0 Å². The number of rotatable bonds is 2. The molecule has 1 aromatic heterocycles. The number of hydrogen-bond acceptors (Lipinski definition) is 3. The maximum absolute atomic E-state index is 13.9. The number of benzene rings is 1. The lowest BCUT2D eigenvalue weighted by Gasteiger charge is -2.32. The fourth-order valence-corrected chi connectivity index (χ4v) is 2.39. The third kappa shape index (κ3) is 2.55. The smallest absolute Gasteiger partial charge is 0.399 e. The standard InChI is InChI=1S/C17H19BFNO2/c1-16(2)17(3,4)22-18(21-16)12-9-10-20-15(11-12)13-7-5-6-8-14(13)19/h5-11H,1-4H3. The maximum atomic E-state index is 13.9. The van der Waals surface area contributed by atoms with Crippen molar-refractivity contribution in [3.63, 3.8) is 0 Å². The minimum Gasteiger partial charge on any atom is -0.399 e. The molecule has 1 aliphatic rings. The molecule has 0 N–H and O–H groups in total. The average molecular weight is 299 g/mol. The van der Waals surface area contributed by atoms with E-state index in [-0.39, 0.29) is 5.82 Å². The summed E-state index contributed by atoms with van der Waals surface area (Å²) < 4.78 is 26.0. The van der Waals surface area contributed by atoms with Crippen molar-refractivity contribution in [2.45, 2.75) is 38.9 Å². The van der Waals surface area contributed by atoms with E-state index in [0.717, 1.165) is 5.46 Å². The van der Waals surface area contributed by atoms with E-state index in [9.17, 15) is 4.39 Å². The second-order valence-corrected chi connectivity index (χ2v) is 6.54. The van der Waals surface area contributed by atoms with E-state index in [2.05, 4.69) is 4.98 Å². The van der Waals surface area contributed by atoms with Crippen molar-refractivity contribution >= 4 is 12.6 Å². The van der Waals surface area contributed by atoms with Crippen LogP contribution in [0.5, 0.6) is 0 Å². The topological polar surface area (TPSA) is 31.4 Å². The molecule has 0 unspecified atom stereocenters. The maximum Gasteiger partial charge on any atom is 0.494 e. The summed E-state index contributed by atoms with van der Waals surface area (Å²) in [5.74, 6) is -0.291. The molecule has 1 aromatic carbocycles. The van der Waals surface area contributed by atoms with Gasteiger partial charge >= 0.3 is 7.12 Å². The number of halogens is 1. The zero-order chi connectivity index (χ0) is 16.0. The third-order valence-corrected chi connectivity index (χ3v) is 4.46. The van der Waals surface area contributed by atoms with Crippen molar-refractivity contribution in [1.29, 1.82) is 0 Å². The van der Waals surface area contributed by atoms with Gasteiger partial charge in [-0.2, -0.15) is 0 Å². The zero-order valence-electron chi connectivity index (χ0n) is 13.3. The molecule has 22 heavy (non-hydrogen) atoms. The van der Waals surface area contributed by atoms with Crippen LogP contribution in [0.15, 0.2) is 42.6 Å². The molecule has 0 radical (unpaired) electrons. The van der Waals surface area contributed by atoms with Gasteiger partial charge < -0.3 is 9.31 Å². The normalized spacial score (nSPS) is 19.4. The van der Waals surface area contributed by atoms with E-state index in [4.69, 9.17) is 9.31 Å². The van der Waals surface area contributed by atoms with Gasteiger partial charge in [0.25, 0.3) is 0 Å². The molecule has 2 aromatic rings. The van der Waals surface area contributed by atoms with Crippen LogP contribution >= 0.6 is 0 Å². The van der Waals surface area contributed by atoms with Crippen LogP contribution in [0.25, 0.3) is 11.3 Å². The molecule has 0 amide bonds. The molecular weight excluding hydrogens is 280 g/mol. The van der Waals surface area contributed by atoms with Crippen LogP contribution in [-0.2, 0) is 9.31 Å². The van der Waals surface area contributed by atoms with Crippen molar-refractivity contribution in [3.05, 3.63) is 48.4 Å². The molecule has 5 heteroatoms. The Kier molecular flexibility index (Phi) is 3.58. The molecule has 0 atom stereocenters. The van der Waals surface area contributed by atoms with E-state index in [1.807, 2.05) is 39.8 Å². The van der Waals surface area contributed by atoms with Gasteiger partial charge in [0.15, 0.2) is 0 Å². The summed E-state index contributed by atoms with van der Waals surface area (Å²) >= 11 is 0. The fourth-order valence-electron chi connectivity index (χ4n) is 2.39. The molecule has 0 bridgehead atoms. The quantitative estimate of drug-likeness (QED) is 0.798. The predicted octanol–water partition coefficient (Wildman–Crippen LogP) is 3.19. The Morgan fingerprint density at radius 3 is 2.27 bits per heavy atom. The van der Waals surface area contributed by atoms with E-state index < -0.39 is 18.3 Å². The number of aromatic nitrogens is 1. The van der Waals surface area contributed by atoms with Gasteiger partial charge in [0.05, 0.1) is 16.9 Å². The lowest BCUT2D eigenvalue weighted by molar-refractivity contribution is 0.00578. The Hall–Kier alpha value is -1.72. The molecule has 2 heterocycles. The molecule has 0 saturated carbocycles. The van der Waals surface area contributed by atoms with Crippen molar-refractivity contribution < 1.29 is 13.7 Å². The molecule has 1 saturated heterocycles. The summed E-state index contributed by atoms with van der Waals surface area (Å²) in [4.78, 5) is 4.26. The third-order valence-electron chi connectivity index (χ3n) is 4.46. The van der Waals surface area contributed by atoms with Crippen molar-refractivity contribution in [3.8, 4) is 11.3 Å². The Bertz CT molecular complexity index is 687. The number of nitrogens with zero attached hydrogens (tertiary/aromatic N) is 1. The minimum atomic E-state index is -0.474. The first kappa shape index (κ1) is 15.2. The molecule has 0 aliphatic carbocycles. The summed E-state index contributed by atoms with van der Waals surface area (Å²) in [6.45, 7) is 8.02. The monoisotopic (exact) mass is 299 g/mol. The first-order chi connectivity index (χ1) is 10.3. The van der Waals surface area contributed by atoms with Crippen molar-refractivity contribution in [1.82, 2.24) is 4.98 Å². The lowest BCUT2D eigenvalue weighted by Crippen LogP contribution is -2.41. The molecule has 114 valence electrons. The summed E-state index contributed by atoms with van der Waals surface area (Å²) in [6, 6.07) is 10.3. The molecular formula is C17H19BFNO2. The summed E-state index contributed by atoms with van der Waals surface area (Å²) in [6.07, 6.45) is 1.65. The van der Waals surface area contributed by atoms with Crippen molar-refractivity contribution in [2.75, 3.05) is 0 Å². The van der Waals surface area contributed by atoms with Crippen molar-refractivity contribution in [2.24, 2.45) is 0 Å². The van der Waals surface area contributed by atoms with E-state index >= 15 is 0 Å². The van der Waals surface area contributed by atoms with Crippen LogP contribution < -0.4 is 5.46 Å². The predicted molar refractivity (Wildman–Crippen MR) is 85.3 cm³/mol. The van der Waals surface area contributed by atoms with E-state index in [1.54, 1.807) is 24.4 Å². The number of hydrogen-bond donors (Lipinski definition) is 0. The van der Waals surface area contributed by atoms with Crippen LogP contribution in [0.3, 0.4) is 0 Å². The Morgan fingerprint density at radius 1 is 1.00 bits per heavy atom. The SMILES string of the molecule is CC1(C)OB(c2ccnc(-c3ccccc3F)c2)OC1(C)C. The van der Waals surface area contributed by atoms with Crippen LogP contribution in [0.2, 0.25) is 0 Å². The zero-order valence-corrected chi connectivity index (χ0v) is 13.3. The second kappa shape index (κ2) is 5.18. The lowest BCUT2D eigenvalue weighted by atomic mass is 9.79.